The third kappa shape index (κ3) is 11.2. The zero-order valence-corrected chi connectivity index (χ0v) is 24.3. The molecule has 2 heterocycles. The predicted molar refractivity (Wildman–Crippen MR) is 154 cm³/mol. The lowest BCUT2D eigenvalue weighted by Gasteiger charge is -2.30. The first-order valence-corrected chi connectivity index (χ1v) is 15.2. The Balaban J connectivity index is 1.62. The van der Waals surface area contributed by atoms with Gasteiger partial charge in [0, 0.05) is 31.6 Å². The second-order valence-corrected chi connectivity index (χ2v) is 11.5. The Morgan fingerprint density at radius 2 is 2.22 bits per heavy atom. The summed E-state index contributed by atoms with van der Waals surface area (Å²) in [6, 6.07) is 9.20. The minimum Gasteiger partial charge on any atom is -0.616 e. The van der Waals surface area contributed by atoms with Crippen LogP contribution in [0.1, 0.15) is 44.6 Å². The molecular formula is C28H38F2N6O4S. The van der Waals surface area contributed by atoms with Gasteiger partial charge < -0.3 is 19.9 Å². The third-order valence-corrected chi connectivity index (χ3v) is 7.14. The molecule has 0 bridgehead atoms. The van der Waals surface area contributed by atoms with Crippen molar-refractivity contribution < 1.29 is 27.7 Å². The molecule has 0 radical (unpaired) electrons. The lowest BCUT2D eigenvalue weighted by atomic mass is 9.94. The zero-order valence-electron chi connectivity index (χ0n) is 23.5. The fraction of sp³-hybridized carbons (Fsp3) is 0.500. The number of carbonyl (C=O) groups is 2. The van der Waals surface area contributed by atoms with Crippen LogP contribution in [0.2, 0.25) is 0 Å². The molecule has 1 aromatic carbocycles. The van der Waals surface area contributed by atoms with E-state index in [1.807, 2.05) is 18.2 Å². The molecule has 1 aliphatic rings. The SMILES string of the molecule is C=NN(CCn1cccn1)/C(NC(=O)C[S+](C)[O-])=C1\CCC(CCc2cccc(OCCCC(C)(F)F)c2)NC1=O. The van der Waals surface area contributed by atoms with Crippen LogP contribution < -0.4 is 15.4 Å². The molecule has 10 nitrogen and oxygen atoms in total. The number of rotatable bonds is 16. The largest absolute Gasteiger partial charge is 0.616 e. The van der Waals surface area contributed by atoms with E-state index in [4.69, 9.17) is 4.74 Å². The number of halogens is 2. The van der Waals surface area contributed by atoms with Crippen molar-refractivity contribution in [3.05, 3.63) is 59.7 Å². The van der Waals surface area contributed by atoms with Crippen molar-refractivity contribution in [1.29, 1.82) is 0 Å². The summed E-state index contributed by atoms with van der Waals surface area (Å²) in [7, 11) is 0. The highest BCUT2D eigenvalue weighted by molar-refractivity contribution is 7.91. The van der Waals surface area contributed by atoms with Crippen LogP contribution >= 0.6 is 0 Å². The first-order valence-electron chi connectivity index (χ1n) is 13.5. The van der Waals surface area contributed by atoms with Crippen LogP contribution in [0, 0.1) is 0 Å². The lowest BCUT2D eigenvalue weighted by Crippen LogP contribution is -2.45. The fourth-order valence-electron chi connectivity index (χ4n) is 4.46. The minimum atomic E-state index is -2.70. The number of hydrazone groups is 1. The summed E-state index contributed by atoms with van der Waals surface area (Å²) in [6.45, 7) is 5.47. The third-order valence-electron chi connectivity index (χ3n) is 6.47. The van der Waals surface area contributed by atoms with Crippen molar-refractivity contribution >= 4 is 29.7 Å². The first-order chi connectivity index (χ1) is 19.5. The van der Waals surface area contributed by atoms with E-state index >= 15 is 0 Å². The number of hydrogen-bond acceptors (Lipinski definition) is 7. The number of piperidine rings is 1. The number of benzene rings is 1. The van der Waals surface area contributed by atoms with Gasteiger partial charge in [-0.2, -0.15) is 10.2 Å². The van der Waals surface area contributed by atoms with E-state index in [1.54, 1.807) is 29.2 Å². The summed E-state index contributed by atoms with van der Waals surface area (Å²) in [5, 5.41) is 15.4. The average molecular weight is 593 g/mol. The molecule has 1 saturated heterocycles. The highest BCUT2D eigenvalue weighted by Crippen LogP contribution is 2.24. The Morgan fingerprint density at radius 1 is 1.41 bits per heavy atom. The number of aryl methyl sites for hydroxylation is 1. The molecule has 13 heteroatoms. The number of hydrogen-bond donors (Lipinski definition) is 2. The van der Waals surface area contributed by atoms with Crippen LogP contribution in [-0.4, -0.2) is 75.0 Å². The molecule has 3 rings (SSSR count). The van der Waals surface area contributed by atoms with E-state index < -0.39 is 23.0 Å². The van der Waals surface area contributed by atoms with Crippen molar-refractivity contribution in [3.8, 4) is 5.75 Å². The fourth-order valence-corrected chi connectivity index (χ4v) is 4.90. The monoisotopic (exact) mass is 592 g/mol. The van der Waals surface area contributed by atoms with Crippen molar-refractivity contribution in [2.45, 2.75) is 64.0 Å². The Morgan fingerprint density at radius 3 is 2.88 bits per heavy atom. The number of nitrogens with one attached hydrogen (secondary N) is 2. The molecule has 0 spiro atoms. The molecule has 2 N–H and O–H groups in total. The van der Waals surface area contributed by atoms with Crippen LogP contribution in [0.5, 0.6) is 5.75 Å². The number of aromatic nitrogens is 2. The predicted octanol–water partition coefficient (Wildman–Crippen LogP) is 3.23. The maximum Gasteiger partial charge on any atom is 0.275 e. The van der Waals surface area contributed by atoms with E-state index in [-0.39, 0.29) is 43.0 Å². The molecule has 2 amide bonds. The van der Waals surface area contributed by atoms with Gasteiger partial charge >= 0.3 is 0 Å². The molecule has 0 saturated carbocycles. The van der Waals surface area contributed by atoms with Gasteiger partial charge in [-0.1, -0.05) is 12.1 Å². The molecule has 2 aromatic rings. The van der Waals surface area contributed by atoms with Crippen LogP contribution in [-0.2, 0) is 33.7 Å². The minimum absolute atomic E-state index is 0.0862. The smallest absolute Gasteiger partial charge is 0.275 e. The van der Waals surface area contributed by atoms with Crippen molar-refractivity contribution in [3.63, 3.8) is 0 Å². The van der Waals surface area contributed by atoms with E-state index in [1.165, 1.54) is 11.3 Å². The summed E-state index contributed by atoms with van der Waals surface area (Å²) in [5.41, 5.74) is 1.39. The van der Waals surface area contributed by atoms with E-state index in [0.717, 1.165) is 12.5 Å². The van der Waals surface area contributed by atoms with Crippen LogP contribution in [0.15, 0.2) is 59.2 Å². The number of alkyl halides is 2. The van der Waals surface area contributed by atoms with Gasteiger partial charge in [0.15, 0.2) is 5.75 Å². The molecule has 2 atom stereocenters. The standard InChI is InChI=1S/C28H38F2N6O4S/c1-28(29,30)13-5-18-40-23-8-4-7-21(19-23)9-10-22-11-12-24(27(38)33-22)26(34-25(37)20-41(3)39)36(31-2)17-16-35-15-6-14-32-35/h4,6-8,14-15,19,22H,2,5,9-13,16-18,20H2,1,3H3,(H,33,38)(H,34,37)/b26-24+. The van der Waals surface area contributed by atoms with Gasteiger partial charge in [0.05, 0.1) is 31.5 Å². The molecule has 1 aromatic heterocycles. The normalized spacial score (nSPS) is 17.4. The van der Waals surface area contributed by atoms with Crippen molar-refractivity contribution in [1.82, 2.24) is 25.4 Å². The molecule has 1 fully saturated rings. The Hall–Kier alpha value is -3.45. The summed E-state index contributed by atoms with van der Waals surface area (Å²) >= 11 is -1.36. The maximum absolute atomic E-state index is 13.2. The zero-order chi connectivity index (χ0) is 29.8. The summed E-state index contributed by atoms with van der Waals surface area (Å²) < 4.78 is 44.9. The van der Waals surface area contributed by atoms with Gasteiger partial charge in [0.1, 0.15) is 11.6 Å². The van der Waals surface area contributed by atoms with E-state index in [0.29, 0.717) is 50.1 Å². The van der Waals surface area contributed by atoms with Gasteiger partial charge in [0.2, 0.25) is 5.92 Å². The van der Waals surface area contributed by atoms with Gasteiger partial charge in [-0.25, -0.2) is 13.8 Å². The first kappa shape index (κ1) is 32.1. The van der Waals surface area contributed by atoms with Gasteiger partial charge in [-0.05, 0) is 74.0 Å². The van der Waals surface area contributed by atoms with Gasteiger partial charge in [-0.15, -0.1) is 0 Å². The second-order valence-electron chi connectivity index (χ2n) is 10.0. The maximum atomic E-state index is 13.2. The summed E-state index contributed by atoms with van der Waals surface area (Å²) in [4.78, 5) is 25.8. The van der Waals surface area contributed by atoms with Crippen LogP contribution in [0.4, 0.5) is 8.78 Å². The second kappa shape index (κ2) is 15.5. The number of ether oxygens (including phenoxy) is 1. The highest BCUT2D eigenvalue weighted by Gasteiger charge is 2.29. The number of amides is 2. The summed E-state index contributed by atoms with van der Waals surface area (Å²) in [5.74, 6) is -2.86. The average Bonchev–Trinajstić information content (AvgIpc) is 3.43. The van der Waals surface area contributed by atoms with Gasteiger partial charge in [0.25, 0.3) is 11.8 Å². The quantitative estimate of drug-likeness (QED) is 0.101. The van der Waals surface area contributed by atoms with E-state index in [9.17, 15) is 22.9 Å². The summed E-state index contributed by atoms with van der Waals surface area (Å²) in [6.07, 6.45) is 7.33. The highest BCUT2D eigenvalue weighted by atomic mass is 32.2. The molecular weight excluding hydrogens is 554 g/mol. The van der Waals surface area contributed by atoms with Crippen molar-refractivity contribution in [2.24, 2.45) is 5.10 Å². The van der Waals surface area contributed by atoms with E-state index in [2.05, 4.69) is 27.6 Å². The van der Waals surface area contributed by atoms with Crippen LogP contribution in [0.3, 0.4) is 0 Å². The number of carbonyl (C=O) groups excluding carboxylic acids is 2. The Kier molecular flexibility index (Phi) is 12.1. The van der Waals surface area contributed by atoms with Crippen LogP contribution in [0.25, 0.3) is 0 Å². The number of nitrogens with zero attached hydrogens (tertiary/aromatic N) is 4. The molecule has 41 heavy (non-hydrogen) atoms. The van der Waals surface area contributed by atoms with Gasteiger partial charge in [-0.3, -0.25) is 14.3 Å². The molecule has 1 aliphatic heterocycles. The molecule has 0 aliphatic carbocycles. The topological polar surface area (TPSA) is 124 Å². The Labute approximate surface area is 242 Å². The van der Waals surface area contributed by atoms with Crippen molar-refractivity contribution in [2.75, 3.05) is 25.2 Å². The molecule has 224 valence electrons. The Bertz CT molecular complexity index is 1190. The lowest BCUT2D eigenvalue weighted by molar-refractivity contribution is -0.119. The molecule has 2 unspecified atom stereocenters.